The first-order chi connectivity index (χ1) is 11.8. The van der Waals surface area contributed by atoms with Gasteiger partial charge in [-0.3, -0.25) is 4.79 Å². The van der Waals surface area contributed by atoms with Gasteiger partial charge in [0.05, 0.1) is 0 Å². The van der Waals surface area contributed by atoms with Crippen LogP contribution in [-0.2, 0) is 11.2 Å². The summed E-state index contributed by atoms with van der Waals surface area (Å²) < 4.78 is 5.71. The third kappa shape index (κ3) is 2.88. The van der Waals surface area contributed by atoms with Crippen LogP contribution in [0.3, 0.4) is 0 Å². The molecule has 2 heterocycles. The molecule has 0 spiro atoms. The van der Waals surface area contributed by atoms with E-state index < -0.39 is 0 Å². The summed E-state index contributed by atoms with van der Waals surface area (Å²) in [5, 5.41) is 10.8. The summed E-state index contributed by atoms with van der Waals surface area (Å²) in [7, 11) is 0. The fourth-order valence-corrected chi connectivity index (χ4v) is 2.68. The molecule has 0 radical (unpaired) electrons. The number of benzene rings is 2. The van der Waals surface area contributed by atoms with Crippen LogP contribution in [0.5, 0.6) is 5.75 Å². The number of hydrogen-bond donors (Lipinski definition) is 1. The second-order valence-corrected chi connectivity index (χ2v) is 5.50. The van der Waals surface area contributed by atoms with Crippen molar-refractivity contribution < 1.29 is 14.4 Å². The van der Waals surface area contributed by atoms with Crippen LogP contribution in [0.4, 0.5) is 5.69 Å². The number of nitrogens with zero attached hydrogens (tertiary/aromatic N) is 3. The first-order valence-corrected chi connectivity index (χ1v) is 7.79. The number of amides is 1. The van der Waals surface area contributed by atoms with Gasteiger partial charge < -0.3 is 14.9 Å². The van der Waals surface area contributed by atoms with E-state index >= 15 is 0 Å². The Morgan fingerprint density at radius 1 is 1.12 bits per heavy atom. The van der Waals surface area contributed by atoms with Crippen LogP contribution in [0, 0.1) is 0 Å². The van der Waals surface area contributed by atoms with E-state index in [1.54, 1.807) is 0 Å². The number of carbonyl (C=O) groups is 1. The lowest BCUT2D eigenvalue weighted by atomic mass is 10.0. The molecule has 0 unspecified atom stereocenters. The van der Waals surface area contributed by atoms with Gasteiger partial charge in [-0.1, -0.05) is 17.0 Å². The van der Waals surface area contributed by atoms with Crippen molar-refractivity contribution in [2.75, 3.05) is 18.5 Å². The number of nitrogens with one attached hydrogen (secondary N) is 1. The molecule has 0 saturated carbocycles. The number of anilines is 1. The van der Waals surface area contributed by atoms with Crippen molar-refractivity contribution in [2.24, 2.45) is 0 Å². The van der Waals surface area contributed by atoms with Gasteiger partial charge in [-0.25, -0.2) is 0 Å². The molecule has 0 fully saturated rings. The van der Waals surface area contributed by atoms with Crippen LogP contribution >= 0.6 is 0 Å². The Kier molecular flexibility index (Phi) is 3.74. The number of para-hydroxylation sites is 1. The van der Waals surface area contributed by atoms with Crippen molar-refractivity contribution in [3.8, 4) is 5.75 Å². The van der Waals surface area contributed by atoms with Crippen molar-refractivity contribution >= 4 is 22.6 Å². The predicted molar refractivity (Wildman–Crippen MR) is 87.9 cm³/mol. The molecule has 122 valence electrons. The van der Waals surface area contributed by atoms with Crippen molar-refractivity contribution in [1.29, 1.82) is 0 Å². The third-order valence-electron chi connectivity index (χ3n) is 3.86. The van der Waals surface area contributed by atoms with Crippen molar-refractivity contribution in [3.63, 3.8) is 0 Å². The van der Waals surface area contributed by atoms with Gasteiger partial charge >= 0.3 is 0 Å². The lowest BCUT2D eigenvalue weighted by Gasteiger charge is -2.17. The topological polar surface area (TPSA) is 78.3 Å². The van der Waals surface area contributed by atoms with E-state index in [0.29, 0.717) is 19.6 Å². The maximum atomic E-state index is 11.4. The minimum absolute atomic E-state index is 0.0598. The van der Waals surface area contributed by atoms with Gasteiger partial charge in [0.2, 0.25) is 5.91 Å². The quantitative estimate of drug-likeness (QED) is 0.724. The molecule has 0 aliphatic carbocycles. The molecule has 4 rings (SSSR count). The number of aromatic nitrogens is 3. The van der Waals surface area contributed by atoms with E-state index in [-0.39, 0.29) is 5.91 Å². The van der Waals surface area contributed by atoms with E-state index in [1.165, 1.54) is 4.85 Å². The Morgan fingerprint density at radius 3 is 3.00 bits per heavy atom. The van der Waals surface area contributed by atoms with Crippen LogP contribution < -0.4 is 14.9 Å². The van der Waals surface area contributed by atoms with Crippen LogP contribution in [0.1, 0.15) is 12.0 Å². The molecule has 1 aromatic heterocycles. The summed E-state index contributed by atoms with van der Waals surface area (Å²) in [6.45, 7) is 0.737. The molecule has 0 saturated heterocycles. The second-order valence-electron chi connectivity index (χ2n) is 5.50. The predicted octanol–water partition coefficient (Wildman–Crippen LogP) is 1.82. The van der Waals surface area contributed by atoms with Gasteiger partial charge in [0.1, 0.15) is 23.4 Å². The lowest BCUT2D eigenvalue weighted by Crippen LogP contribution is -2.20. The standard InChI is InChI=1S/C17H16N4O3/c22-17-8-5-12-11-13(6-7-14(12)18-17)23-9-10-24-21-16-4-2-1-3-15(16)19-20-21/h1-4,6-7,11H,5,8-10H2,(H,18,22). The molecular formula is C17H16N4O3. The van der Waals surface area contributed by atoms with Gasteiger partial charge in [0.25, 0.3) is 0 Å². The van der Waals surface area contributed by atoms with E-state index in [0.717, 1.165) is 34.5 Å². The van der Waals surface area contributed by atoms with Crippen molar-refractivity contribution in [3.05, 3.63) is 48.0 Å². The highest BCUT2D eigenvalue weighted by Crippen LogP contribution is 2.26. The summed E-state index contributed by atoms with van der Waals surface area (Å²) in [4.78, 5) is 18.3. The van der Waals surface area contributed by atoms with E-state index in [2.05, 4.69) is 15.6 Å². The van der Waals surface area contributed by atoms with Gasteiger partial charge in [0.15, 0.2) is 6.61 Å². The average molecular weight is 324 g/mol. The van der Waals surface area contributed by atoms with E-state index in [9.17, 15) is 4.79 Å². The maximum Gasteiger partial charge on any atom is 0.224 e. The Balaban J connectivity index is 1.34. The molecule has 7 nitrogen and oxygen atoms in total. The SMILES string of the molecule is O=C1CCc2cc(OCCOn3nnc4ccccc43)ccc2N1. The largest absolute Gasteiger partial charge is 0.490 e. The number of ether oxygens (including phenoxy) is 1. The fraction of sp³-hybridized carbons (Fsp3) is 0.235. The summed E-state index contributed by atoms with van der Waals surface area (Å²) in [5.74, 6) is 0.821. The number of aryl methyl sites for hydroxylation is 1. The minimum atomic E-state index is 0.0598. The minimum Gasteiger partial charge on any atom is -0.490 e. The molecule has 2 aromatic carbocycles. The Bertz CT molecular complexity index is 890. The first kappa shape index (κ1) is 14.5. The second kappa shape index (κ2) is 6.19. The Morgan fingerprint density at radius 2 is 2.04 bits per heavy atom. The fourth-order valence-electron chi connectivity index (χ4n) is 2.68. The van der Waals surface area contributed by atoms with E-state index in [1.807, 2.05) is 42.5 Å². The molecule has 0 atom stereocenters. The van der Waals surface area contributed by atoms with Gasteiger partial charge in [0, 0.05) is 12.1 Å². The molecule has 24 heavy (non-hydrogen) atoms. The maximum absolute atomic E-state index is 11.4. The number of fused-ring (bicyclic) bond motifs is 2. The summed E-state index contributed by atoms with van der Waals surface area (Å²) >= 11 is 0. The molecule has 0 bridgehead atoms. The third-order valence-corrected chi connectivity index (χ3v) is 3.86. The molecule has 7 heteroatoms. The zero-order valence-electron chi connectivity index (χ0n) is 12.9. The average Bonchev–Trinajstić information content (AvgIpc) is 3.02. The number of hydrogen-bond acceptors (Lipinski definition) is 5. The number of rotatable bonds is 5. The normalized spacial score (nSPS) is 13.4. The molecular weight excluding hydrogens is 308 g/mol. The first-order valence-electron chi connectivity index (χ1n) is 7.79. The Hall–Kier alpha value is -3.09. The van der Waals surface area contributed by atoms with Crippen LogP contribution in [-0.4, -0.2) is 34.3 Å². The van der Waals surface area contributed by atoms with Gasteiger partial charge in [-0.05, 0) is 47.5 Å². The monoisotopic (exact) mass is 324 g/mol. The molecule has 1 amide bonds. The molecule has 1 aliphatic rings. The van der Waals surface area contributed by atoms with Crippen LogP contribution in [0.15, 0.2) is 42.5 Å². The highest BCUT2D eigenvalue weighted by Gasteiger charge is 2.15. The van der Waals surface area contributed by atoms with Crippen molar-refractivity contribution in [1.82, 2.24) is 15.2 Å². The molecule has 1 aliphatic heterocycles. The summed E-state index contributed by atoms with van der Waals surface area (Å²) in [6.07, 6.45) is 1.25. The Labute approximate surface area is 138 Å². The number of carbonyl (C=O) groups excluding carboxylic acids is 1. The zero-order valence-corrected chi connectivity index (χ0v) is 12.9. The van der Waals surface area contributed by atoms with E-state index in [4.69, 9.17) is 9.57 Å². The summed E-state index contributed by atoms with van der Waals surface area (Å²) in [5.41, 5.74) is 3.57. The van der Waals surface area contributed by atoms with Crippen LogP contribution in [0.25, 0.3) is 11.0 Å². The lowest BCUT2D eigenvalue weighted by molar-refractivity contribution is -0.116. The molecule has 1 N–H and O–H groups in total. The summed E-state index contributed by atoms with van der Waals surface area (Å²) in [6, 6.07) is 13.3. The molecule has 3 aromatic rings. The zero-order chi connectivity index (χ0) is 16.4. The highest BCUT2D eigenvalue weighted by molar-refractivity contribution is 5.94. The smallest absolute Gasteiger partial charge is 0.224 e. The highest BCUT2D eigenvalue weighted by atomic mass is 16.7. The van der Waals surface area contributed by atoms with Gasteiger partial charge in [-0.2, -0.15) is 0 Å². The van der Waals surface area contributed by atoms with Crippen molar-refractivity contribution in [2.45, 2.75) is 12.8 Å². The van der Waals surface area contributed by atoms with Crippen LogP contribution in [0.2, 0.25) is 0 Å². The van der Waals surface area contributed by atoms with Gasteiger partial charge in [-0.15, -0.1) is 5.10 Å².